The van der Waals surface area contributed by atoms with Gasteiger partial charge in [0, 0.05) is 5.56 Å². The number of esters is 1. The second-order valence-electron chi connectivity index (χ2n) is 6.51. The van der Waals surface area contributed by atoms with Crippen LogP contribution in [0, 0.1) is 0 Å². The Kier molecular flexibility index (Phi) is 7.77. The number of halogens is 4. The van der Waals surface area contributed by atoms with Crippen LogP contribution in [0.4, 0.5) is 0 Å². The molecule has 5 rings (SSSR count). The maximum atomic E-state index is 12.8. The molecule has 2 N–H and O–H groups in total. The number of phenolic OH excluding ortho intramolecular Hbond substituents is 2. The van der Waals surface area contributed by atoms with Crippen LogP contribution in [0.1, 0.15) is 27.0 Å². The van der Waals surface area contributed by atoms with Crippen LogP contribution >= 0.6 is 63.7 Å². The number of hydrogen-bond acceptors (Lipinski definition) is 5. The SMILES string of the molecule is O=C1OC2(c3ccccc31)c1cc(Br)c(O)c(Br)c1Oc1c2cc(Br)c(O)c1Br.[NaH].[NaH]. The number of ether oxygens (including phenoxy) is 2. The average Bonchev–Trinajstić information content (AvgIpc) is 3.00. The molecule has 1 spiro atoms. The first kappa shape index (κ1) is 26.1. The number of hydrogen-bond donors (Lipinski definition) is 2. The zero-order valence-corrected chi connectivity index (χ0v) is 20.4. The quantitative estimate of drug-likeness (QED) is 0.243. The first-order valence-corrected chi connectivity index (χ1v) is 11.4. The zero-order valence-electron chi connectivity index (χ0n) is 14.1. The molecule has 5 nitrogen and oxygen atoms in total. The summed E-state index contributed by atoms with van der Waals surface area (Å²) in [5.74, 6) is -0.0230. The van der Waals surface area contributed by atoms with Crippen LogP contribution in [-0.4, -0.2) is 75.3 Å². The Morgan fingerprint density at radius 2 is 1.26 bits per heavy atom. The number of carbonyl (C=O) groups excluding carboxylic acids is 1. The number of phenols is 2. The second kappa shape index (κ2) is 9.24. The van der Waals surface area contributed by atoms with Crippen LogP contribution in [0.25, 0.3) is 0 Å². The minimum atomic E-state index is -1.33. The Morgan fingerprint density at radius 1 is 0.774 bits per heavy atom. The monoisotopic (exact) mass is 692 g/mol. The predicted molar refractivity (Wildman–Crippen MR) is 133 cm³/mol. The van der Waals surface area contributed by atoms with E-state index in [4.69, 9.17) is 9.47 Å². The third kappa shape index (κ3) is 3.63. The minimum absolute atomic E-state index is 0. The Labute approximate surface area is 255 Å². The van der Waals surface area contributed by atoms with Crippen LogP contribution in [0.3, 0.4) is 0 Å². The van der Waals surface area contributed by atoms with Gasteiger partial charge in [0.2, 0.25) is 0 Å². The molecule has 2 heterocycles. The second-order valence-corrected chi connectivity index (χ2v) is 9.81. The van der Waals surface area contributed by atoms with Crippen LogP contribution in [0.2, 0.25) is 0 Å². The van der Waals surface area contributed by atoms with Gasteiger partial charge in [0.25, 0.3) is 0 Å². The van der Waals surface area contributed by atoms with Gasteiger partial charge in [0.1, 0.15) is 20.4 Å². The summed E-state index contributed by atoms with van der Waals surface area (Å²) in [4.78, 5) is 12.8. The summed E-state index contributed by atoms with van der Waals surface area (Å²) in [6.07, 6.45) is 0. The standard InChI is InChI=1S/C20H8Br4O5.2Na.2H/c21-11-5-9-17(13(23)15(11)25)28-18-10(6-12(22)16(26)14(18)24)20(9)8-4-2-1-3-7(8)19(27)29-20;;;;/h1-6,25-26H;;;;. The van der Waals surface area contributed by atoms with Crippen LogP contribution in [-0.2, 0) is 10.3 Å². The van der Waals surface area contributed by atoms with Crippen molar-refractivity contribution in [2.75, 3.05) is 0 Å². The molecule has 0 amide bonds. The number of aromatic hydroxyl groups is 2. The summed E-state index contributed by atoms with van der Waals surface area (Å²) in [6.45, 7) is 0. The van der Waals surface area contributed by atoms with Crippen molar-refractivity contribution in [3.63, 3.8) is 0 Å². The molecule has 2 aliphatic heterocycles. The number of rotatable bonds is 0. The third-order valence-electron chi connectivity index (χ3n) is 5.03. The van der Waals surface area contributed by atoms with Crippen molar-refractivity contribution in [3.8, 4) is 23.0 Å². The van der Waals surface area contributed by atoms with Crippen LogP contribution in [0.5, 0.6) is 23.0 Å². The number of benzene rings is 3. The summed E-state index contributed by atoms with van der Waals surface area (Å²) in [6, 6.07) is 10.5. The van der Waals surface area contributed by atoms with E-state index in [0.29, 0.717) is 40.1 Å². The van der Waals surface area contributed by atoms with E-state index in [-0.39, 0.29) is 82.1 Å². The molecular formula is C20H10Br4Na2O5. The van der Waals surface area contributed by atoms with Gasteiger partial charge in [0.05, 0.1) is 25.6 Å². The van der Waals surface area contributed by atoms with Crippen molar-refractivity contribution in [2.24, 2.45) is 0 Å². The molecule has 3 aromatic carbocycles. The van der Waals surface area contributed by atoms with Gasteiger partial charge in [-0.3, -0.25) is 0 Å². The molecule has 0 saturated carbocycles. The van der Waals surface area contributed by atoms with Crippen LogP contribution < -0.4 is 4.74 Å². The Hall–Kier alpha value is 0.450. The van der Waals surface area contributed by atoms with Crippen molar-refractivity contribution in [3.05, 3.63) is 76.5 Å². The van der Waals surface area contributed by atoms with E-state index >= 15 is 0 Å². The van der Waals surface area contributed by atoms with E-state index in [0.717, 1.165) is 0 Å². The van der Waals surface area contributed by atoms with Gasteiger partial charge in [-0.15, -0.1) is 0 Å². The fraction of sp³-hybridized carbons (Fsp3) is 0.0500. The molecule has 0 radical (unpaired) electrons. The van der Waals surface area contributed by atoms with Gasteiger partial charge in [-0.2, -0.15) is 0 Å². The average molecular weight is 696 g/mol. The number of fused-ring (bicyclic) bond motifs is 6. The van der Waals surface area contributed by atoms with Gasteiger partial charge in [0.15, 0.2) is 17.1 Å². The van der Waals surface area contributed by atoms with E-state index in [1.165, 1.54) is 0 Å². The first-order chi connectivity index (χ1) is 13.8. The predicted octanol–water partition coefficient (Wildman–Crippen LogP) is 5.42. The van der Waals surface area contributed by atoms with Crippen molar-refractivity contribution >= 4 is 129 Å². The van der Waals surface area contributed by atoms with Gasteiger partial charge >= 0.3 is 65.1 Å². The third-order valence-corrected chi connectivity index (χ3v) is 7.71. The van der Waals surface area contributed by atoms with Gasteiger partial charge in [-0.25, -0.2) is 4.79 Å². The molecule has 3 aromatic rings. The Morgan fingerprint density at radius 3 is 1.77 bits per heavy atom. The summed E-state index contributed by atoms with van der Waals surface area (Å²) >= 11 is 13.5. The zero-order chi connectivity index (χ0) is 20.7. The van der Waals surface area contributed by atoms with Gasteiger partial charge in [-0.1, -0.05) is 18.2 Å². The first-order valence-electron chi connectivity index (χ1n) is 8.21. The Balaban J connectivity index is 0.00000136. The van der Waals surface area contributed by atoms with Crippen molar-refractivity contribution in [1.82, 2.24) is 0 Å². The normalized spacial score (nSPS) is 14.4. The molecule has 31 heavy (non-hydrogen) atoms. The molecular weight excluding hydrogens is 686 g/mol. The van der Waals surface area contributed by atoms with E-state index in [2.05, 4.69) is 63.7 Å². The molecule has 0 fully saturated rings. The van der Waals surface area contributed by atoms with E-state index in [9.17, 15) is 15.0 Å². The summed E-state index contributed by atoms with van der Waals surface area (Å²) < 4.78 is 13.6. The molecule has 2 aliphatic rings. The molecule has 0 bridgehead atoms. The summed E-state index contributed by atoms with van der Waals surface area (Å²) in [5.41, 5.74) is 0.819. The molecule has 0 unspecified atom stereocenters. The summed E-state index contributed by atoms with van der Waals surface area (Å²) in [7, 11) is 0. The van der Waals surface area contributed by atoms with Crippen molar-refractivity contribution in [1.29, 1.82) is 0 Å². The fourth-order valence-corrected chi connectivity index (χ4v) is 6.17. The maximum absolute atomic E-state index is 12.8. The van der Waals surface area contributed by atoms with E-state index < -0.39 is 11.6 Å². The number of carbonyl (C=O) groups is 1. The van der Waals surface area contributed by atoms with E-state index in [1.54, 1.807) is 24.3 Å². The molecule has 0 aromatic heterocycles. The van der Waals surface area contributed by atoms with Gasteiger partial charge < -0.3 is 19.7 Å². The molecule has 11 heteroatoms. The van der Waals surface area contributed by atoms with Crippen molar-refractivity contribution in [2.45, 2.75) is 5.60 Å². The van der Waals surface area contributed by atoms with Gasteiger partial charge in [-0.05, 0) is 81.9 Å². The molecule has 0 aliphatic carbocycles. The summed E-state index contributed by atoms with van der Waals surface area (Å²) in [5, 5.41) is 20.8. The molecule has 150 valence electrons. The van der Waals surface area contributed by atoms with Crippen molar-refractivity contribution < 1.29 is 24.5 Å². The topological polar surface area (TPSA) is 76.0 Å². The molecule has 0 saturated heterocycles. The van der Waals surface area contributed by atoms with E-state index in [1.807, 2.05) is 12.1 Å². The Bertz CT molecular complexity index is 1200. The fourth-order valence-electron chi connectivity index (χ4n) is 3.77. The van der Waals surface area contributed by atoms with Crippen LogP contribution in [0.15, 0.2) is 54.3 Å². The molecule has 0 atom stereocenters.